The number of carbonyl (C=O) groups excluding carboxylic acids is 1. The van der Waals surface area contributed by atoms with Crippen molar-refractivity contribution in [1.82, 2.24) is 24.8 Å². The molecule has 1 saturated heterocycles. The summed E-state index contributed by atoms with van der Waals surface area (Å²) in [5.74, 6) is 1.42. The normalized spacial score (nSPS) is 13.8. The molecular formula is C36H42Cl2N8O6. The minimum Gasteiger partial charge on any atom is -0.495 e. The zero-order valence-corrected chi connectivity index (χ0v) is 31.6. The fraction of sp³-hybridized carbons (Fsp3) is 0.389. The van der Waals surface area contributed by atoms with E-state index in [-0.39, 0.29) is 33.1 Å². The number of amides is 1. The first-order chi connectivity index (χ1) is 24.6. The van der Waals surface area contributed by atoms with Crippen LogP contribution in [0.3, 0.4) is 0 Å². The number of carbonyl (C=O) groups is 1. The van der Waals surface area contributed by atoms with Gasteiger partial charge in [-0.1, -0.05) is 29.3 Å². The molecule has 16 heteroatoms. The van der Waals surface area contributed by atoms with E-state index in [9.17, 15) is 14.9 Å². The Morgan fingerprint density at radius 3 is 2.21 bits per heavy atom. The Balaban J connectivity index is 1.33. The second-order valence-electron chi connectivity index (χ2n) is 13.8. The van der Waals surface area contributed by atoms with Crippen molar-refractivity contribution in [3.05, 3.63) is 80.7 Å². The van der Waals surface area contributed by atoms with Gasteiger partial charge in [0.1, 0.15) is 50.8 Å². The fourth-order valence-corrected chi connectivity index (χ4v) is 6.51. The molecule has 0 radical (unpaired) electrons. The molecule has 14 nitrogen and oxygen atoms in total. The molecular weight excluding hydrogens is 711 g/mol. The fourth-order valence-electron chi connectivity index (χ4n) is 5.91. The van der Waals surface area contributed by atoms with Crippen LogP contribution in [0.4, 0.5) is 33.5 Å². The number of hydrogen-bond donors (Lipinski definition) is 2. The lowest BCUT2D eigenvalue weighted by atomic mass is 9.91. The van der Waals surface area contributed by atoms with Gasteiger partial charge in [0.2, 0.25) is 0 Å². The highest BCUT2D eigenvalue weighted by Crippen LogP contribution is 2.46. The number of piperazine rings is 1. The van der Waals surface area contributed by atoms with Crippen molar-refractivity contribution in [2.45, 2.75) is 52.2 Å². The van der Waals surface area contributed by atoms with E-state index in [0.29, 0.717) is 72.7 Å². The van der Waals surface area contributed by atoms with Crippen LogP contribution >= 0.6 is 23.2 Å². The molecule has 1 aliphatic heterocycles. The maximum atomic E-state index is 12.5. The van der Waals surface area contributed by atoms with E-state index in [0.717, 1.165) is 5.56 Å². The van der Waals surface area contributed by atoms with Gasteiger partial charge >= 0.3 is 6.09 Å². The topological polar surface area (TPSA) is 157 Å². The molecule has 3 heterocycles. The summed E-state index contributed by atoms with van der Waals surface area (Å²) < 4.78 is 16.3. The van der Waals surface area contributed by atoms with Gasteiger partial charge in [-0.15, -0.1) is 0 Å². The Kier molecular flexibility index (Phi) is 11.6. The Labute approximate surface area is 312 Å². The molecule has 1 aliphatic rings. The summed E-state index contributed by atoms with van der Waals surface area (Å²) in [5, 5.41) is 19.0. The van der Waals surface area contributed by atoms with Gasteiger partial charge in [0, 0.05) is 61.7 Å². The third-order valence-corrected chi connectivity index (χ3v) is 9.26. The quantitative estimate of drug-likeness (QED) is 0.112. The summed E-state index contributed by atoms with van der Waals surface area (Å²) >= 11 is 13.2. The van der Waals surface area contributed by atoms with Gasteiger partial charge in [-0.05, 0) is 64.8 Å². The number of hydrogen-bond acceptors (Lipinski definition) is 12. The van der Waals surface area contributed by atoms with Crippen LogP contribution in [0.25, 0.3) is 11.3 Å². The van der Waals surface area contributed by atoms with Crippen molar-refractivity contribution in [2.75, 3.05) is 51.0 Å². The van der Waals surface area contributed by atoms with Crippen LogP contribution in [0.5, 0.6) is 11.5 Å². The van der Waals surface area contributed by atoms with Gasteiger partial charge < -0.3 is 29.7 Å². The number of nitro groups is 1. The lowest BCUT2D eigenvalue weighted by Gasteiger charge is -2.44. The van der Waals surface area contributed by atoms with Crippen LogP contribution in [-0.2, 0) is 11.2 Å². The number of ether oxygens (including phenoxy) is 3. The van der Waals surface area contributed by atoms with Gasteiger partial charge in [-0.25, -0.2) is 19.7 Å². The van der Waals surface area contributed by atoms with Gasteiger partial charge in [-0.3, -0.25) is 15.0 Å². The van der Waals surface area contributed by atoms with E-state index in [1.54, 1.807) is 47.5 Å². The van der Waals surface area contributed by atoms with Crippen LogP contribution < -0.4 is 20.1 Å². The lowest BCUT2D eigenvalue weighted by Crippen LogP contribution is -2.57. The first kappa shape index (κ1) is 38.3. The van der Waals surface area contributed by atoms with E-state index < -0.39 is 10.5 Å². The molecule has 0 unspecified atom stereocenters. The van der Waals surface area contributed by atoms with E-state index >= 15 is 0 Å². The molecule has 4 aromatic rings. The monoisotopic (exact) mass is 752 g/mol. The van der Waals surface area contributed by atoms with Crippen molar-refractivity contribution in [3.63, 3.8) is 0 Å². The SMILES string of the molecule is COc1cc(OC)c(Cl)c(Nc2ncccc2-c2cc(Nc3ccc(CC(C)(C)N4CCN(C(=O)OC(C)(C)C)CC4)cc3[N+](=O)[O-])ncn2)c1Cl. The molecule has 0 bridgehead atoms. The van der Waals surface area contributed by atoms with Crippen LogP contribution in [-0.4, -0.2) is 87.3 Å². The van der Waals surface area contributed by atoms with Gasteiger partial charge in [-0.2, -0.15) is 0 Å². The zero-order valence-electron chi connectivity index (χ0n) is 30.1. The second kappa shape index (κ2) is 15.8. The van der Waals surface area contributed by atoms with Crippen LogP contribution in [0.1, 0.15) is 40.2 Å². The maximum absolute atomic E-state index is 12.5. The van der Waals surface area contributed by atoms with Crippen LogP contribution in [0.15, 0.2) is 55.0 Å². The molecule has 276 valence electrons. The Morgan fingerprint density at radius 1 is 0.923 bits per heavy atom. The van der Waals surface area contributed by atoms with Gasteiger partial charge in [0.25, 0.3) is 5.69 Å². The standard InChI is InChI=1S/C36H42Cl2N8O6/c1-35(2,3)52-34(47)44-13-15-45(16-14-44)36(4,5)20-22-10-11-24(26(17-22)46(48)49)42-29-18-25(40-21-41-29)23-9-8-12-39-33(23)43-32-30(37)27(50-6)19-28(51-7)31(32)38/h8-12,17-19,21H,13-16,20H2,1-7H3,(H,39,43)(H,40,41,42). The average Bonchev–Trinajstić information content (AvgIpc) is 3.10. The highest BCUT2D eigenvalue weighted by Gasteiger charge is 2.33. The summed E-state index contributed by atoms with van der Waals surface area (Å²) in [7, 11) is 2.97. The molecule has 2 N–H and O–H groups in total. The summed E-state index contributed by atoms with van der Waals surface area (Å²) in [5.41, 5.74) is 1.48. The number of anilines is 4. The Hall–Kier alpha value is -4.92. The number of halogens is 2. The van der Waals surface area contributed by atoms with Crippen molar-refractivity contribution in [3.8, 4) is 22.8 Å². The number of nitrogens with zero attached hydrogens (tertiary/aromatic N) is 6. The molecule has 1 amide bonds. The second-order valence-corrected chi connectivity index (χ2v) is 14.5. The summed E-state index contributed by atoms with van der Waals surface area (Å²) in [4.78, 5) is 41.7. The number of rotatable bonds is 11. The van der Waals surface area contributed by atoms with Crippen molar-refractivity contribution in [1.29, 1.82) is 0 Å². The van der Waals surface area contributed by atoms with Gasteiger partial charge in [0.05, 0.1) is 30.5 Å². The first-order valence-corrected chi connectivity index (χ1v) is 17.3. The predicted molar refractivity (Wildman–Crippen MR) is 202 cm³/mol. The highest BCUT2D eigenvalue weighted by atomic mass is 35.5. The van der Waals surface area contributed by atoms with E-state index in [1.165, 1.54) is 20.5 Å². The largest absolute Gasteiger partial charge is 0.495 e. The Morgan fingerprint density at radius 2 is 1.60 bits per heavy atom. The molecule has 52 heavy (non-hydrogen) atoms. The number of methoxy groups -OCH3 is 2. The third-order valence-electron chi connectivity index (χ3n) is 8.51. The highest BCUT2D eigenvalue weighted by molar-refractivity contribution is 6.41. The number of aromatic nitrogens is 3. The van der Waals surface area contributed by atoms with Crippen LogP contribution in [0.2, 0.25) is 10.0 Å². The number of pyridine rings is 1. The minimum absolute atomic E-state index is 0.0943. The number of nitrogens with one attached hydrogen (secondary N) is 2. The average molecular weight is 754 g/mol. The molecule has 1 fully saturated rings. The zero-order chi connectivity index (χ0) is 37.8. The Bertz CT molecular complexity index is 1920. The molecule has 0 atom stereocenters. The summed E-state index contributed by atoms with van der Waals surface area (Å²) in [6.45, 7) is 12.1. The van der Waals surface area contributed by atoms with E-state index in [2.05, 4.69) is 44.3 Å². The summed E-state index contributed by atoms with van der Waals surface area (Å²) in [6, 6.07) is 11.9. The molecule has 2 aromatic carbocycles. The minimum atomic E-state index is -0.558. The van der Waals surface area contributed by atoms with E-state index in [4.69, 9.17) is 37.4 Å². The van der Waals surface area contributed by atoms with Crippen molar-refractivity contribution < 1.29 is 23.9 Å². The molecule has 5 rings (SSSR count). The number of nitro benzene ring substituents is 1. The third kappa shape index (κ3) is 8.92. The smallest absolute Gasteiger partial charge is 0.410 e. The number of benzene rings is 2. The van der Waals surface area contributed by atoms with Crippen LogP contribution in [0, 0.1) is 10.1 Å². The maximum Gasteiger partial charge on any atom is 0.410 e. The molecule has 0 saturated carbocycles. The van der Waals surface area contributed by atoms with E-state index in [1.807, 2.05) is 26.8 Å². The van der Waals surface area contributed by atoms with Crippen molar-refractivity contribution in [2.24, 2.45) is 0 Å². The molecule has 2 aromatic heterocycles. The van der Waals surface area contributed by atoms with Gasteiger partial charge in [0.15, 0.2) is 0 Å². The predicted octanol–water partition coefficient (Wildman–Crippen LogP) is 8.13. The molecule has 0 spiro atoms. The lowest BCUT2D eigenvalue weighted by molar-refractivity contribution is -0.384. The summed E-state index contributed by atoms with van der Waals surface area (Å²) in [6.07, 6.45) is 3.19. The molecule has 0 aliphatic carbocycles. The van der Waals surface area contributed by atoms with Crippen molar-refractivity contribution >= 4 is 58.0 Å². The first-order valence-electron chi connectivity index (χ1n) is 16.5.